The molecule has 10 heteroatoms. The zero-order valence-electron chi connectivity index (χ0n) is 17.5. The summed E-state index contributed by atoms with van der Waals surface area (Å²) in [4.78, 5) is -0.237. The van der Waals surface area contributed by atoms with E-state index in [9.17, 15) is 21.6 Å². The fourth-order valence-electron chi connectivity index (χ4n) is 4.59. The van der Waals surface area contributed by atoms with Gasteiger partial charge in [-0.3, -0.25) is 0 Å². The van der Waals surface area contributed by atoms with Gasteiger partial charge in [0.25, 0.3) is 0 Å². The number of alkyl halides is 3. The summed E-state index contributed by atoms with van der Waals surface area (Å²) in [5.41, 5.74) is -0.930. The third-order valence-corrected chi connectivity index (χ3v) is 9.02. The summed E-state index contributed by atoms with van der Waals surface area (Å²) >= 11 is 0. The molecule has 2 aromatic carbocycles. The van der Waals surface area contributed by atoms with Crippen molar-refractivity contribution in [3.63, 3.8) is 0 Å². The van der Waals surface area contributed by atoms with Gasteiger partial charge in [0.15, 0.2) is 9.84 Å². The molecule has 0 radical (unpaired) electrons. The van der Waals surface area contributed by atoms with Gasteiger partial charge in [-0.2, -0.15) is 13.2 Å². The molecule has 1 aliphatic carbocycles. The van der Waals surface area contributed by atoms with E-state index in [1.54, 1.807) is 6.92 Å². The number of aliphatic hydroxyl groups is 1. The van der Waals surface area contributed by atoms with Crippen LogP contribution in [0.4, 0.5) is 17.6 Å². The summed E-state index contributed by atoms with van der Waals surface area (Å²) in [7, 11) is -1.77. The van der Waals surface area contributed by atoms with E-state index in [-0.39, 0.29) is 35.8 Å². The summed E-state index contributed by atoms with van der Waals surface area (Å²) in [6.07, 6.45) is -2.46. The largest absolute Gasteiger partial charge is 0.492 e. The second kappa shape index (κ2) is 9.27. The Balaban J connectivity index is 0.000000913. The Bertz CT molecular complexity index is 1070. The smallest absolute Gasteiger partial charge is 0.416 e. The van der Waals surface area contributed by atoms with Crippen LogP contribution in [0.3, 0.4) is 0 Å². The molecule has 3 atom stereocenters. The summed E-state index contributed by atoms with van der Waals surface area (Å²) in [5, 5.41) is 8.12. The number of benzene rings is 2. The highest BCUT2D eigenvalue weighted by atomic mass is 32.2. The second-order valence-corrected chi connectivity index (χ2v) is 10.7. The number of rotatable bonds is 2. The van der Waals surface area contributed by atoms with Gasteiger partial charge in [0, 0.05) is 17.8 Å². The third kappa shape index (κ3) is 4.15. The molecule has 0 bridgehead atoms. The van der Waals surface area contributed by atoms with Gasteiger partial charge in [0.05, 0.1) is 22.6 Å². The molecule has 4 nitrogen and oxygen atoms in total. The van der Waals surface area contributed by atoms with Crippen molar-refractivity contribution in [3.8, 4) is 5.75 Å². The average molecular weight is 492 g/mol. The van der Waals surface area contributed by atoms with Gasteiger partial charge < -0.3 is 9.84 Å². The Morgan fingerprint density at radius 3 is 2.38 bits per heavy atom. The number of fused-ring (bicyclic) bond motifs is 3. The lowest BCUT2D eigenvalue weighted by Crippen LogP contribution is -2.51. The Labute approximate surface area is 187 Å². The molecular weight excluding hydrogens is 467 g/mol. The van der Waals surface area contributed by atoms with Gasteiger partial charge in [0.2, 0.25) is 0 Å². The van der Waals surface area contributed by atoms with Crippen LogP contribution >= 0.6 is 9.24 Å². The van der Waals surface area contributed by atoms with Gasteiger partial charge >= 0.3 is 6.18 Å². The number of aliphatic hydroxyl groups excluding tert-OH is 1. The van der Waals surface area contributed by atoms with E-state index in [4.69, 9.17) is 9.84 Å². The van der Waals surface area contributed by atoms with E-state index in [0.29, 0.717) is 18.1 Å². The van der Waals surface area contributed by atoms with E-state index in [2.05, 4.69) is 9.24 Å². The van der Waals surface area contributed by atoms with E-state index in [1.165, 1.54) is 12.1 Å². The number of sulfone groups is 1. The molecule has 0 saturated heterocycles. The van der Waals surface area contributed by atoms with Gasteiger partial charge in [0.1, 0.15) is 16.3 Å². The van der Waals surface area contributed by atoms with Gasteiger partial charge in [-0.05, 0) is 56.2 Å². The molecule has 1 aliphatic heterocycles. The molecule has 0 spiro atoms. The van der Waals surface area contributed by atoms with Gasteiger partial charge in [-0.15, -0.1) is 9.24 Å². The van der Waals surface area contributed by atoms with Crippen LogP contribution in [0.2, 0.25) is 0 Å². The topological polar surface area (TPSA) is 63.6 Å². The molecule has 1 saturated carbocycles. The molecule has 2 aromatic rings. The molecule has 1 fully saturated rings. The molecule has 4 rings (SSSR count). The molecule has 1 N–H and O–H groups in total. The summed E-state index contributed by atoms with van der Waals surface area (Å²) in [6.45, 7) is 2.05. The van der Waals surface area contributed by atoms with Crippen LogP contribution in [0.1, 0.15) is 43.7 Å². The minimum Gasteiger partial charge on any atom is -0.492 e. The number of hydrogen-bond acceptors (Lipinski definition) is 4. The first-order chi connectivity index (χ1) is 15.0. The molecule has 0 amide bonds. The van der Waals surface area contributed by atoms with E-state index in [1.807, 2.05) is 0 Å². The molecule has 0 aromatic heterocycles. The summed E-state index contributed by atoms with van der Waals surface area (Å²) < 4.78 is 85.6. The maximum atomic E-state index is 15.0. The lowest BCUT2D eigenvalue weighted by Gasteiger charge is -2.47. The maximum Gasteiger partial charge on any atom is 0.416 e. The Morgan fingerprint density at radius 2 is 1.78 bits per heavy atom. The molecule has 2 unspecified atom stereocenters. The molecule has 32 heavy (non-hydrogen) atoms. The van der Waals surface area contributed by atoms with E-state index >= 15 is 4.39 Å². The lowest BCUT2D eigenvalue weighted by molar-refractivity contribution is -0.137. The Kier molecular flexibility index (Phi) is 7.23. The fourth-order valence-corrected chi connectivity index (χ4v) is 7.33. The van der Waals surface area contributed by atoms with Crippen LogP contribution in [0.25, 0.3) is 0 Å². The van der Waals surface area contributed by atoms with Crippen molar-refractivity contribution in [1.29, 1.82) is 0 Å². The van der Waals surface area contributed by atoms with Crippen molar-refractivity contribution in [1.82, 2.24) is 0 Å². The minimum absolute atomic E-state index is 0.000785. The number of ether oxygens (including phenoxy) is 1. The minimum atomic E-state index is -4.57. The first-order valence-electron chi connectivity index (χ1n) is 10.2. The van der Waals surface area contributed by atoms with Crippen LogP contribution in [-0.2, 0) is 20.8 Å². The maximum absolute atomic E-state index is 15.0. The number of hydrogen-bond donors (Lipinski definition) is 1. The normalized spacial score (nSPS) is 22.7. The third-order valence-electron chi connectivity index (χ3n) is 5.97. The van der Waals surface area contributed by atoms with Crippen molar-refractivity contribution in [2.75, 3.05) is 13.2 Å². The second-order valence-electron chi connectivity index (χ2n) is 7.83. The van der Waals surface area contributed by atoms with Crippen LogP contribution in [0, 0.1) is 11.7 Å². The standard InChI is InChI=1S/C20H19F4O3PS.C2H6O/c21-15-8-9-16(28)18-17(15)19(10-2-1-3-13(19)11-27-18)29(25,26)14-6-4-12(5-7-14)20(22,23)24;1-2-3/h4-9,13H,1-3,10-11,28H2;3H,2H2,1H3/t13?,19-;/m0./s1. The zero-order chi connectivity index (χ0) is 23.7. The highest BCUT2D eigenvalue weighted by molar-refractivity contribution is 7.92. The molecule has 176 valence electrons. The van der Waals surface area contributed by atoms with Crippen LogP contribution in [0.15, 0.2) is 41.3 Å². The first-order valence-corrected chi connectivity index (χ1v) is 12.3. The van der Waals surface area contributed by atoms with Crippen molar-refractivity contribution in [3.05, 3.63) is 53.3 Å². The van der Waals surface area contributed by atoms with Crippen molar-refractivity contribution >= 4 is 24.4 Å². The van der Waals surface area contributed by atoms with Crippen LogP contribution < -0.4 is 10.0 Å². The van der Waals surface area contributed by atoms with E-state index < -0.39 is 38.1 Å². The fraction of sp³-hybridized carbons (Fsp3) is 0.455. The highest BCUT2D eigenvalue weighted by Gasteiger charge is 2.58. The quantitative estimate of drug-likeness (QED) is 0.492. The van der Waals surface area contributed by atoms with Crippen molar-refractivity contribution < 1.29 is 35.8 Å². The number of halogens is 4. The predicted octanol–water partition coefficient (Wildman–Crippen LogP) is 4.60. The van der Waals surface area contributed by atoms with E-state index in [0.717, 1.165) is 30.7 Å². The first kappa shape index (κ1) is 24.9. The lowest BCUT2D eigenvalue weighted by atomic mass is 9.73. The van der Waals surface area contributed by atoms with Crippen molar-refractivity contribution in [2.45, 2.75) is 48.4 Å². The monoisotopic (exact) mass is 492 g/mol. The Hall–Kier alpha value is -1.70. The van der Waals surface area contributed by atoms with Crippen molar-refractivity contribution in [2.24, 2.45) is 5.92 Å². The average Bonchev–Trinajstić information content (AvgIpc) is 2.75. The molecule has 2 aliphatic rings. The Morgan fingerprint density at radius 1 is 1.16 bits per heavy atom. The van der Waals surface area contributed by atoms with Gasteiger partial charge in [-0.1, -0.05) is 12.8 Å². The van der Waals surface area contributed by atoms with Crippen LogP contribution in [-0.4, -0.2) is 26.7 Å². The summed E-state index contributed by atoms with van der Waals surface area (Å²) in [6, 6.07) is 6.16. The SMILES string of the molecule is CCO.O=S(=O)(c1ccc(C(F)(F)F)cc1)[C@@]12CCCCC1COc1c(P)ccc(F)c12. The molecular formula is C22H25F4O4PS. The molecule has 1 heterocycles. The van der Waals surface area contributed by atoms with Gasteiger partial charge in [-0.25, -0.2) is 12.8 Å². The zero-order valence-corrected chi connectivity index (χ0v) is 19.4. The van der Waals surface area contributed by atoms with Crippen LogP contribution in [0.5, 0.6) is 5.75 Å². The highest BCUT2D eigenvalue weighted by Crippen LogP contribution is 2.55. The summed E-state index contributed by atoms with van der Waals surface area (Å²) in [5.74, 6) is -0.950. The predicted molar refractivity (Wildman–Crippen MR) is 116 cm³/mol.